The van der Waals surface area contributed by atoms with Crippen LogP contribution in [0.15, 0.2) is 26.2 Å². The molecule has 0 bridgehead atoms. The summed E-state index contributed by atoms with van der Waals surface area (Å²) >= 11 is -1.87. The monoisotopic (exact) mass is 159 g/mol. The molecule has 5 heteroatoms. The van der Waals surface area contributed by atoms with E-state index >= 15 is 0 Å². The molecule has 0 fully saturated rings. The largest absolute Gasteiger partial charge is 0.581 e. The maximum Gasteiger partial charge on any atom is 0.344 e. The Labute approximate surface area is 60.5 Å². The zero-order valence-electron chi connectivity index (χ0n) is 5.23. The van der Waals surface area contributed by atoms with Gasteiger partial charge in [0.15, 0.2) is 4.58 Å². The average molecular weight is 159 g/mol. The normalized spacial score (nSPS) is 13.0. The Bertz CT molecular complexity index is 235. The molecule has 1 aromatic rings. The standard InChI is InChI=1S/C5H5NO3S/c1-4-2-3-5(9-4)10(8)6-7/h2-3H,1H3. The van der Waals surface area contributed by atoms with E-state index in [2.05, 4.69) is 4.58 Å². The molecule has 0 radical (unpaired) electrons. The maximum absolute atomic E-state index is 10.6. The van der Waals surface area contributed by atoms with Crippen molar-refractivity contribution in [2.45, 2.75) is 12.0 Å². The Kier molecular flexibility index (Phi) is 2.08. The molecule has 54 valence electrons. The smallest absolute Gasteiger partial charge is 0.344 e. The van der Waals surface area contributed by atoms with Gasteiger partial charge in [-0.1, -0.05) is 4.91 Å². The van der Waals surface area contributed by atoms with Gasteiger partial charge in [-0.3, -0.25) is 0 Å². The fraction of sp³-hybridized carbons (Fsp3) is 0.200. The van der Waals surface area contributed by atoms with Gasteiger partial charge in [0.2, 0.25) is 11.4 Å². The van der Waals surface area contributed by atoms with E-state index in [-0.39, 0.29) is 5.09 Å². The molecule has 0 saturated heterocycles. The highest BCUT2D eigenvalue weighted by atomic mass is 32.2. The van der Waals surface area contributed by atoms with Gasteiger partial charge in [0, 0.05) is 6.07 Å². The molecule has 10 heavy (non-hydrogen) atoms. The lowest BCUT2D eigenvalue weighted by molar-refractivity contribution is 0.429. The van der Waals surface area contributed by atoms with Crippen LogP contribution in [0.1, 0.15) is 5.76 Å². The summed E-state index contributed by atoms with van der Waals surface area (Å²) in [6.45, 7) is 1.70. The topological polar surface area (TPSA) is 65.6 Å². The van der Waals surface area contributed by atoms with Gasteiger partial charge in [0.1, 0.15) is 5.76 Å². The SMILES string of the molecule is Cc1ccc([S+]([O-])N=O)o1. The van der Waals surface area contributed by atoms with Crippen LogP contribution in [-0.4, -0.2) is 4.55 Å². The molecule has 4 nitrogen and oxygen atoms in total. The van der Waals surface area contributed by atoms with Crippen molar-refractivity contribution in [1.29, 1.82) is 0 Å². The summed E-state index contributed by atoms with van der Waals surface area (Å²) in [4.78, 5) is 9.70. The van der Waals surface area contributed by atoms with E-state index in [0.29, 0.717) is 5.76 Å². The highest BCUT2D eigenvalue weighted by Gasteiger charge is 2.15. The fourth-order valence-electron chi connectivity index (χ4n) is 0.543. The van der Waals surface area contributed by atoms with Crippen molar-refractivity contribution >= 4 is 11.4 Å². The van der Waals surface area contributed by atoms with Gasteiger partial charge in [-0.25, -0.2) is 0 Å². The molecule has 0 amide bonds. The summed E-state index contributed by atoms with van der Waals surface area (Å²) in [6, 6.07) is 3.09. The molecule has 0 aromatic carbocycles. The summed E-state index contributed by atoms with van der Waals surface area (Å²) in [5.41, 5.74) is 0. The van der Waals surface area contributed by atoms with Crippen molar-refractivity contribution in [2.75, 3.05) is 0 Å². The Balaban J connectivity index is 2.84. The van der Waals surface area contributed by atoms with Gasteiger partial charge in [0.05, 0.1) is 0 Å². The van der Waals surface area contributed by atoms with Crippen molar-refractivity contribution < 1.29 is 8.97 Å². The lowest BCUT2D eigenvalue weighted by atomic mass is 10.5. The summed E-state index contributed by atoms with van der Waals surface area (Å²) in [5.74, 6) is 0.618. The van der Waals surface area contributed by atoms with E-state index in [1.165, 1.54) is 6.07 Å². The molecule has 1 unspecified atom stereocenters. The van der Waals surface area contributed by atoms with Gasteiger partial charge in [0.25, 0.3) is 0 Å². The van der Waals surface area contributed by atoms with Crippen LogP contribution >= 0.6 is 0 Å². The Morgan fingerprint density at radius 3 is 2.80 bits per heavy atom. The predicted molar refractivity (Wildman–Crippen MR) is 35.6 cm³/mol. The van der Waals surface area contributed by atoms with Crippen molar-refractivity contribution in [3.8, 4) is 0 Å². The first-order valence-electron chi connectivity index (χ1n) is 2.55. The van der Waals surface area contributed by atoms with Crippen LogP contribution in [0, 0.1) is 11.8 Å². The van der Waals surface area contributed by atoms with Crippen LogP contribution in [0.25, 0.3) is 0 Å². The van der Waals surface area contributed by atoms with E-state index in [1.54, 1.807) is 13.0 Å². The third kappa shape index (κ3) is 1.37. The average Bonchev–Trinajstić information content (AvgIpc) is 2.34. The number of furan rings is 1. The lowest BCUT2D eigenvalue weighted by Gasteiger charge is -1.90. The van der Waals surface area contributed by atoms with Gasteiger partial charge >= 0.3 is 5.09 Å². The van der Waals surface area contributed by atoms with Gasteiger partial charge in [-0.05, 0) is 13.0 Å². The quantitative estimate of drug-likeness (QED) is 0.483. The minimum absolute atomic E-state index is 0.104. The number of nitroso groups, excluding NO2 is 1. The summed E-state index contributed by atoms with van der Waals surface area (Å²) in [7, 11) is 0. The molecule has 1 heterocycles. The minimum atomic E-state index is -1.87. The zero-order chi connectivity index (χ0) is 7.56. The number of rotatable bonds is 2. The first-order valence-corrected chi connectivity index (χ1v) is 3.66. The molecule has 0 spiro atoms. The van der Waals surface area contributed by atoms with Crippen molar-refractivity contribution in [1.82, 2.24) is 0 Å². The molecule has 1 rings (SSSR count). The van der Waals surface area contributed by atoms with Crippen LogP contribution in [0.2, 0.25) is 0 Å². The summed E-state index contributed by atoms with van der Waals surface area (Å²) in [6.07, 6.45) is 0. The van der Waals surface area contributed by atoms with Crippen LogP contribution in [0.3, 0.4) is 0 Å². The van der Waals surface area contributed by atoms with E-state index in [0.717, 1.165) is 0 Å². The first-order chi connectivity index (χ1) is 4.74. The number of aryl methyl sites for hydroxylation is 1. The van der Waals surface area contributed by atoms with E-state index in [1.807, 2.05) is 0 Å². The van der Waals surface area contributed by atoms with Crippen molar-refractivity contribution in [3.05, 3.63) is 22.8 Å². The van der Waals surface area contributed by atoms with E-state index < -0.39 is 11.4 Å². The Morgan fingerprint density at radius 2 is 2.40 bits per heavy atom. The molecular weight excluding hydrogens is 154 g/mol. The second kappa shape index (κ2) is 2.85. The van der Waals surface area contributed by atoms with Crippen LogP contribution in [0.4, 0.5) is 0 Å². The number of hydrogen-bond acceptors (Lipinski definition) is 4. The molecule has 0 saturated carbocycles. The fourth-order valence-corrected chi connectivity index (χ4v) is 1.00. The number of hydrogen-bond donors (Lipinski definition) is 0. The molecule has 0 N–H and O–H groups in total. The highest BCUT2D eigenvalue weighted by Crippen LogP contribution is 2.14. The zero-order valence-corrected chi connectivity index (χ0v) is 6.05. The van der Waals surface area contributed by atoms with Crippen LogP contribution < -0.4 is 0 Å². The molecule has 0 aliphatic heterocycles. The van der Waals surface area contributed by atoms with E-state index in [4.69, 9.17) is 4.42 Å². The van der Waals surface area contributed by atoms with Gasteiger partial charge in [-0.15, -0.1) is 0 Å². The third-order valence-corrected chi connectivity index (χ3v) is 1.65. The third-order valence-electron chi connectivity index (χ3n) is 0.956. The Morgan fingerprint density at radius 1 is 1.70 bits per heavy atom. The van der Waals surface area contributed by atoms with Crippen molar-refractivity contribution in [2.24, 2.45) is 4.58 Å². The minimum Gasteiger partial charge on any atom is -0.581 e. The molecule has 0 aliphatic rings. The molecule has 1 atom stereocenters. The molecule has 0 aliphatic carbocycles. The van der Waals surface area contributed by atoms with E-state index in [9.17, 15) is 9.46 Å². The number of nitrogens with zero attached hydrogens (tertiary/aromatic N) is 1. The molecule has 1 aromatic heterocycles. The van der Waals surface area contributed by atoms with Crippen molar-refractivity contribution in [3.63, 3.8) is 0 Å². The predicted octanol–water partition coefficient (Wildman–Crippen LogP) is 1.38. The van der Waals surface area contributed by atoms with Gasteiger partial charge < -0.3 is 8.97 Å². The molecular formula is C5H5NO3S. The second-order valence-electron chi connectivity index (χ2n) is 1.69. The summed E-state index contributed by atoms with van der Waals surface area (Å²) in [5, 5.41) is 0.104. The highest BCUT2D eigenvalue weighted by molar-refractivity contribution is 7.89. The maximum atomic E-state index is 10.6. The van der Waals surface area contributed by atoms with Crippen LogP contribution in [0.5, 0.6) is 0 Å². The second-order valence-corrected chi connectivity index (χ2v) is 2.74. The lowest BCUT2D eigenvalue weighted by Crippen LogP contribution is -1.91. The van der Waals surface area contributed by atoms with Crippen LogP contribution in [-0.2, 0) is 11.4 Å². The van der Waals surface area contributed by atoms with Gasteiger partial charge in [-0.2, -0.15) is 0 Å². The first kappa shape index (κ1) is 7.30. The Hall–Kier alpha value is -0.810. The summed E-state index contributed by atoms with van der Waals surface area (Å²) < 4.78 is 17.7.